The van der Waals surface area contributed by atoms with Gasteiger partial charge >= 0.3 is 6.36 Å². The molecule has 3 aromatic rings. The van der Waals surface area contributed by atoms with Gasteiger partial charge in [0.1, 0.15) is 29.7 Å². The van der Waals surface area contributed by atoms with E-state index in [4.69, 9.17) is 21.1 Å². The standard InChI is InChI=1S/C25H25ClF3N5O4/c1-34(2)8-3-4-23(35)32-21-11-17-20(12-22(21)37-16-7-9-36-13-16)30-14-31-24(17)33-19-6-5-15(10-18(19)26)38-25(27,28)29/h3-6,10-12,14,16H,7-9,13H2,1-2H3,(H,32,35)(H,30,31,33)/b4-3+. The highest BCUT2D eigenvalue weighted by molar-refractivity contribution is 6.33. The van der Waals surface area contributed by atoms with Crippen LogP contribution in [0.2, 0.25) is 5.02 Å². The van der Waals surface area contributed by atoms with Crippen LogP contribution < -0.4 is 20.1 Å². The van der Waals surface area contributed by atoms with Crippen molar-refractivity contribution in [2.24, 2.45) is 0 Å². The minimum atomic E-state index is -4.84. The maximum absolute atomic E-state index is 12.6. The van der Waals surface area contributed by atoms with E-state index >= 15 is 0 Å². The van der Waals surface area contributed by atoms with Gasteiger partial charge in [0.15, 0.2) is 0 Å². The summed E-state index contributed by atoms with van der Waals surface area (Å²) in [5.74, 6) is -0.0755. The summed E-state index contributed by atoms with van der Waals surface area (Å²) in [5, 5.41) is 6.35. The minimum absolute atomic E-state index is 0.0146. The average Bonchev–Trinajstić information content (AvgIpc) is 3.33. The Hall–Kier alpha value is -3.61. The van der Waals surface area contributed by atoms with Crippen molar-refractivity contribution in [1.29, 1.82) is 0 Å². The van der Waals surface area contributed by atoms with Gasteiger partial charge in [0.2, 0.25) is 5.91 Å². The molecule has 2 heterocycles. The first-order chi connectivity index (χ1) is 18.1. The number of aromatic nitrogens is 2. The Balaban J connectivity index is 1.65. The third-order valence-corrected chi connectivity index (χ3v) is 5.66. The molecule has 2 aromatic carbocycles. The number of carbonyl (C=O) groups is 1. The zero-order valence-corrected chi connectivity index (χ0v) is 21.3. The lowest BCUT2D eigenvalue weighted by atomic mass is 10.1. The average molecular weight is 552 g/mol. The molecule has 1 saturated heterocycles. The number of amides is 1. The number of rotatable bonds is 9. The molecule has 1 aliphatic rings. The van der Waals surface area contributed by atoms with Gasteiger partial charge in [-0.1, -0.05) is 17.7 Å². The summed E-state index contributed by atoms with van der Waals surface area (Å²) < 4.78 is 53.0. The fourth-order valence-electron chi connectivity index (χ4n) is 3.63. The molecule has 1 amide bonds. The maximum Gasteiger partial charge on any atom is 0.573 e. The van der Waals surface area contributed by atoms with E-state index in [0.29, 0.717) is 60.0 Å². The molecule has 0 aliphatic carbocycles. The second-order valence-corrected chi connectivity index (χ2v) is 9.07. The predicted octanol–water partition coefficient (Wildman–Crippen LogP) is 5.15. The van der Waals surface area contributed by atoms with Gasteiger partial charge in [-0.05, 0) is 32.3 Å². The Bertz CT molecular complexity index is 1330. The SMILES string of the molecule is CN(C)C/C=C/C(=O)Nc1cc2c(Nc3ccc(OC(F)(F)F)cc3Cl)ncnc2cc1OC1CCOC1. The Morgan fingerprint density at radius 3 is 2.74 bits per heavy atom. The van der Waals surface area contributed by atoms with Crippen LogP contribution in [-0.4, -0.2) is 67.1 Å². The predicted molar refractivity (Wildman–Crippen MR) is 137 cm³/mol. The number of benzene rings is 2. The van der Waals surface area contributed by atoms with Crippen LogP contribution in [0.1, 0.15) is 6.42 Å². The topological polar surface area (TPSA) is 97.8 Å². The van der Waals surface area contributed by atoms with Crippen LogP contribution >= 0.6 is 11.6 Å². The zero-order chi connectivity index (χ0) is 27.3. The van der Waals surface area contributed by atoms with E-state index in [1.165, 1.54) is 18.5 Å². The van der Waals surface area contributed by atoms with Crippen molar-refractivity contribution in [2.45, 2.75) is 18.9 Å². The number of likely N-dealkylation sites (N-methyl/N-ethyl adjacent to an activating group) is 1. The number of carbonyl (C=O) groups excluding carboxylic acids is 1. The van der Waals surface area contributed by atoms with E-state index in [-0.39, 0.29) is 17.0 Å². The molecule has 0 bridgehead atoms. The van der Waals surface area contributed by atoms with Gasteiger partial charge in [0.05, 0.1) is 35.1 Å². The number of hydrogen-bond acceptors (Lipinski definition) is 8. The molecule has 0 spiro atoms. The molecule has 1 atom stereocenters. The van der Waals surface area contributed by atoms with Crippen LogP contribution in [0, 0.1) is 0 Å². The number of nitrogens with one attached hydrogen (secondary N) is 2. The highest BCUT2D eigenvalue weighted by Gasteiger charge is 2.31. The Kier molecular flexibility index (Phi) is 8.55. The lowest BCUT2D eigenvalue weighted by Gasteiger charge is -2.18. The molecule has 2 N–H and O–H groups in total. The number of halogens is 4. The van der Waals surface area contributed by atoms with Crippen LogP contribution in [0.25, 0.3) is 10.9 Å². The van der Waals surface area contributed by atoms with Gasteiger partial charge in [-0.2, -0.15) is 0 Å². The van der Waals surface area contributed by atoms with Crippen molar-refractivity contribution < 1.29 is 32.2 Å². The van der Waals surface area contributed by atoms with Crippen molar-refractivity contribution in [3.63, 3.8) is 0 Å². The van der Waals surface area contributed by atoms with Gasteiger partial charge in [0.25, 0.3) is 0 Å². The van der Waals surface area contributed by atoms with Gasteiger partial charge in [0, 0.05) is 36.6 Å². The molecular weight excluding hydrogens is 527 g/mol. The summed E-state index contributed by atoms with van der Waals surface area (Å²) in [6.45, 7) is 1.59. The van der Waals surface area contributed by atoms with Crippen LogP contribution in [0.15, 0.2) is 48.8 Å². The van der Waals surface area contributed by atoms with E-state index in [0.717, 1.165) is 12.1 Å². The lowest BCUT2D eigenvalue weighted by Crippen LogP contribution is -2.18. The summed E-state index contributed by atoms with van der Waals surface area (Å²) in [5.41, 5.74) is 1.19. The van der Waals surface area contributed by atoms with Gasteiger partial charge in [-0.3, -0.25) is 4.79 Å². The van der Waals surface area contributed by atoms with Crippen molar-refractivity contribution in [2.75, 3.05) is 44.5 Å². The molecular formula is C25H25ClF3N5O4. The van der Waals surface area contributed by atoms with Crippen molar-refractivity contribution in [3.8, 4) is 11.5 Å². The highest BCUT2D eigenvalue weighted by atomic mass is 35.5. The summed E-state index contributed by atoms with van der Waals surface area (Å²) in [4.78, 5) is 23.1. The van der Waals surface area contributed by atoms with Crippen LogP contribution in [0.4, 0.5) is 30.4 Å². The second kappa shape index (κ2) is 11.8. The second-order valence-electron chi connectivity index (χ2n) is 8.66. The van der Waals surface area contributed by atoms with Crippen LogP contribution in [0.5, 0.6) is 11.5 Å². The molecule has 1 aliphatic heterocycles. The Morgan fingerprint density at radius 2 is 2.05 bits per heavy atom. The summed E-state index contributed by atoms with van der Waals surface area (Å²) >= 11 is 6.20. The number of hydrogen-bond donors (Lipinski definition) is 2. The summed E-state index contributed by atoms with van der Waals surface area (Å²) in [7, 11) is 3.78. The zero-order valence-electron chi connectivity index (χ0n) is 20.5. The molecule has 202 valence electrons. The molecule has 9 nitrogen and oxygen atoms in total. The lowest BCUT2D eigenvalue weighted by molar-refractivity contribution is -0.274. The van der Waals surface area contributed by atoms with E-state index < -0.39 is 12.1 Å². The molecule has 38 heavy (non-hydrogen) atoms. The van der Waals surface area contributed by atoms with Gasteiger partial charge < -0.3 is 29.7 Å². The van der Waals surface area contributed by atoms with E-state index in [9.17, 15) is 18.0 Å². The van der Waals surface area contributed by atoms with E-state index in [1.54, 1.807) is 18.2 Å². The van der Waals surface area contributed by atoms with Gasteiger partial charge in [-0.15, -0.1) is 13.2 Å². The smallest absolute Gasteiger partial charge is 0.486 e. The molecule has 1 aromatic heterocycles. The maximum atomic E-state index is 12.6. The quantitative estimate of drug-likeness (QED) is 0.352. The first kappa shape index (κ1) is 27.4. The third-order valence-electron chi connectivity index (χ3n) is 5.34. The van der Waals surface area contributed by atoms with E-state index in [1.807, 2.05) is 19.0 Å². The normalized spacial score (nSPS) is 15.8. The fourth-order valence-corrected chi connectivity index (χ4v) is 3.85. The first-order valence-corrected chi connectivity index (χ1v) is 11.9. The van der Waals surface area contributed by atoms with Crippen LogP contribution in [0.3, 0.4) is 0 Å². The number of ether oxygens (including phenoxy) is 3. The summed E-state index contributed by atoms with van der Waals surface area (Å²) in [6.07, 6.45) is 0.169. The third kappa shape index (κ3) is 7.46. The van der Waals surface area contributed by atoms with Crippen molar-refractivity contribution in [3.05, 3.63) is 53.8 Å². The number of nitrogens with zero attached hydrogens (tertiary/aromatic N) is 3. The van der Waals surface area contributed by atoms with Crippen molar-refractivity contribution >= 4 is 45.6 Å². The summed E-state index contributed by atoms with van der Waals surface area (Å²) in [6, 6.07) is 6.86. The monoisotopic (exact) mass is 551 g/mol. The fraction of sp³-hybridized carbons (Fsp3) is 0.320. The Labute approximate surface area is 221 Å². The number of alkyl halides is 3. The molecule has 1 unspecified atom stereocenters. The molecule has 4 rings (SSSR count). The first-order valence-electron chi connectivity index (χ1n) is 11.5. The van der Waals surface area contributed by atoms with Gasteiger partial charge in [-0.25, -0.2) is 9.97 Å². The Morgan fingerprint density at radius 1 is 1.24 bits per heavy atom. The number of fused-ring (bicyclic) bond motifs is 1. The molecule has 0 radical (unpaired) electrons. The van der Waals surface area contributed by atoms with E-state index in [2.05, 4.69) is 25.3 Å². The van der Waals surface area contributed by atoms with Crippen LogP contribution in [-0.2, 0) is 9.53 Å². The highest BCUT2D eigenvalue weighted by Crippen LogP contribution is 2.36. The molecule has 13 heteroatoms. The molecule has 0 saturated carbocycles. The van der Waals surface area contributed by atoms with Crippen molar-refractivity contribution in [1.82, 2.24) is 14.9 Å². The minimum Gasteiger partial charge on any atom is -0.486 e. The number of anilines is 3. The largest absolute Gasteiger partial charge is 0.573 e. The molecule has 1 fully saturated rings.